The van der Waals surface area contributed by atoms with E-state index in [4.69, 9.17) is 10.7 Å². The van der Waals surface area contributed by atoms with Crippen LogP contribution >= 0.6 is 0 Å². The van der Waals surface area contributed by atoms with Crippen LogP contribution in [0, 0.1) is 11.8 Å². The highest BCUT2D eigenvalue weighted by atomic mass is 15.4. The maximum atomic E-state index is 5.93. The number of aromatic nitrogens is 3. The Labute approximate surface area is 125 Å². The Bertz CT molecular complexity index is 501. The van der Waals surface area contributed by atoms with E-state index in [9.17, 15) is 0 Å². The molecule has 1 aliphatic carbocycles. The molecule has 2 atom stereocenters. The predicted molar refractivity (Wildman–Crippen MR) is 83.3 cm³/mol. The Morgan fingerprint density at radius 2 is 1.38 bits per heavy atom. The smallest absolute Gasteiger partial charge is 0.231 e. The summed E-state index contributed by atoms with van der Waals surface area (Å²) in [4.78, 5) is 18.0. The standard InChI is InChI=1S/C15H24N6/c16-13-17-14(20-7-2-1-3-8-20)19-15(18-13)21-9-11-5-4-6-12(11)10-21/h11-12H,1-10H2,(H2,16,17,18,19). The summed E-state index contributed by atoms with van der Waals surface area (Å²) in [5.41, 5.74) is 5.93. The van der Waals surface area contributed by atoms with E-state index in [1.165, 1.54) is 38.5 Å². The van der Waals surface area contributed by atoms with E-state index in [-0.39, 0.29) is 0 Å². The van der Waals surface area contributed by atoms with Crippen LogP contribution < -0.4 is 15.5 Å². The van der Waals surface area contributed by atoms with Gasteiger partial charge in [0.05, 0.1) is 0 Å². The highest BCUT2D eigenvalue weighted by Crippen LogP contribution is 2.39. The van der Waals surface area contributed by atoms with E-state index in [2.05, 4.69) is 19.8 Å². The van der Waals surface area contributed by atoms with Gasteiger partial charge in [0.15, 0.2) is 0 Å². The van der Waals surface area contributed by atoms with Crippen molar-refractivity contribution in [1.29, 1.82) is 0 Å². The first kappa shape index (κ1) is 13.1. The molecule has 0 aromatic carbocycles. The van der Waals surface area contributed by atoms with Gasteiger partial charge >= 0.3 is 0 Å². The number of fused-ring (bicyclic) bond motifs is 1. The SMILES string of the molecule is Nc1nc(N2CCCCC2)nc(N2CC3CCCC3C2)n1. The van der Waals surface area contributed by atoms with E-state index in [1.807, 2.05) is 0 Å². The Balaban J connectivity index is 1.56. The van der Waals surface area contributed by atoms with Gasteiger partial charge < -0.3 is 15.5 Å². The summed E-state index contributed by atoms with van der Waals surface area (Å²) in [6, 6.07) is 0. The number of hydrogen-bond donors (Lipinski definition) is 1. The Kier molecular flexibility index (Phi) is 3.31. The van der Waals surface area contributed by atoms with Gasteiger partial charge in [-0.2, -0.15) is 15.0 Å². The zero-order valence-electron chi connectivity index (χ0n) is 12.5. The lowest BCUT2D eigenvalue weighted by molar-refractivity contribution is 0.494. The molecule has 0 amide bonds. The number of nitrogens with two attached hydrogens (primary N) is 1. The average Bonchev–Trinajstić information content (AvgIpc) is 3.09. The predicted octanol–water partition coefficient (Wildman–Crippen LogP) is 1.68. The van der Waals surface area contributed by atoms with Crippen molar-refractivity contribution in [3.05, 3.63) is 0 Å². The maximum absolute atomic E-state index is 5.93. The maximum Gasteiger partial charge on any atom is 0.231 e. The summed E-state index contributed by atoms with van der Waals surface area (Å²) in [6.07, 6.45) is 7.85. The molecule has 6 nitrogen and oxygen atoms in total. The fourth-order valence-electron chi connectivity index (χ4n) is 4.14. The van der Waals surface area contributed by atoms with E-state index in [0.717, 1.165) is 49.9 Å². The summed E-state index contributed by atoms with van der Waals surface area (Å²) in [7, 11) is 0. The lowest BCUT2D eigenvalue weighted by atomic mass is 10.0. The number of nitrogens with zero attached hydrogens (tertiary/aromatic N) is 5. The molecular weight excluding hydrogens is 264 g/mol. The van der Waals surface area contributed by atoms with Crippen molar-refractivity contribution in [3.63, 3.8) is 0 Å². The Morgan fingerprint density at radius 1 is 0.762 bits per heavy atom. The van der Waals surface area contributed by atoms with Crippen LogP contribution in [0.2, 0.25) is 0 Å². The molecule has 3 heterocycles. The van der Waals surface area contributed by atoms with Gasteiger partial charge in [-0.1, -0.05) is 6.42 Å². The second kappa shape index (κ2) is 5.31. The molecule has 2 unspecified atom stereocenters. The number of rotatable bonds is 2. The Hall–Kier alpha value is -1.59. The third-order valence-electron chi connectivity index (χ3n) is 5.28. The molecule has 1 aromatic rings. The summed E-state index contributed by atoms with van der Waals surface area (Å²) < 4.78 is 0. The number of piperidine rings is 1. The van der Waals surface area contributed by atoms with Crippen LogP contribution in [0.5, 0.6) is 0 Å². The van der Waals surface area contributed by atoms with Crippen molar-refractivity contribution in [2.24, 2.45) is 11.8 Å². The van der Waals surface area contributed by atoms with Crippen molar-refractivity contribution >= 4 is 17.8 Å². The molecule has 3 fully saturated rings. The van der Waals surface area contributed by atoms with Crippen molar-refractivity contribution in [2.45, 2.75) is 38.5 Å². The highest BCUT2D eigenvalue weighted by molar-refractivity contribution is 5.44. The minimum Gasteiger partial charge on any atom is -0.368 e. The quantitative estimate of drug-likeness (QED) is 0.893. The molecule has 1 aromatic heterocycles. The average molecular weight is 288 g/mol. The van der Waals surface area contributed by atoms with E-state index >= 15 is 0 Å². The second-order valence-corrected chi connectivity index (χ2v) is 6.70. The third kappa shape index (κ3) is 2.51. The van der Waals surface area contributed by atoms with Crippen LogP contribution in [-0.4, -0.2) is 41.1 Å². The van der Waals surface area contributed by atoms with Crippen LogP contribution in [-0.2, 0) is 0 Å². The van der Waals surface area contributed by atoms with Crippen molar-refractivity contribution in [1.82, 2.24) is 15.0 Å². The van der Waals surface area contributed by atoms with Gasteiger partial charge in [-0.3, -0.25) is 0 Å². The van der Waals surface area contributed by atoms with Crippen molar-refractivity contribution in [2.75, 3.05) is 41.7 Å². The molecule has 2 aliphatic heterocycles. The fourth-order valence-corrected chi connectivity index (χ4v) is 4.14. The molecular formula is C15H24N6. The molecule has 114 valence electrons. The number of hydrogen-bond acceptors (Lipinski definition) is 6. The monoisotopic (exact) mass is 288 g/mol. The van der Waals surface area contributed by atoms with Crippen LogP contribution in [0.1, 0.15) is 38.5 Å². The van der Waals surface area contributed by atoms with Gasteiger partial charge in [0.25, 0.3) is 0 Å². The summed E-state index contributed by atoms with van der Waals surface area (Å²) in [5.74, 6) is 3.59. The van der Waals surface area contributed by atoms with Gasteiger partial charge in [0, 0.05) is 26.2 Å². The largest absolute Gasteiger partial charge is 0.368 e. The van der Waals surface area contributed by atoms with Gasteiger partial charge in [0.1, 0.15) is 0 Å². The number of nitrogen functional groups attached to an aromatic ring is 1. The lowest BCUT2D eigenvalue weighted by Gasteiger charge is -2.27. The van der Waals surface area contributed by atoms with Gasteiger partial charge in [-0.15, -0.1) is 0 Å². The molecule has 6 heteroatoms. The zero-order valence-corrected chi connectivity index (χ0v) is 12.5. The van der Waals surface area contributed by atoms with Crippen molar-refractivity contribution in [3.8, 4) is 0 Å². The molecule has 0 spiro atoms. The number of anilines is 3. The van der Waals surface area contributed by atoms with E-state index < -0.39 is 0 Å². The van der Waals surface area contributed by atoms with E-state index in [0.29, 0.717) is 5.95 Å². The topological polar surface area (TPSA) is 71.2 Å². The first-order chi connectivity index (χ1) is 10.3. The van der Waals surface area contributed by atoms with Crippen LogP contribution in [0.25, 0.3) is 0 Å². The van der Waals surface area contributed by atoms with Crippen LogP contribution in [0.4, 0.5) is 17.8 Å². The van der Waals surface area contributed by atoms with Gasteiger partial charge in [-0.05, 0) is 43.9 Å². The fraction of sp³-hybridized carbons (Fsp3) is 0.800. The summed E-state index contributed by atoms with van der Waals surface area (Å²) in [6.45, 7) is 4.25. The van der Waals surface area contributed by atoms with Gasteiger partial charge in [-0.25, -0.2) is 0 Å². The second-order valence-electron chi connectivity index (χ2n) is 6.70. The molecule has 0 bridgehead atoms. The molecule has 2 N–H and O–H groups in total. The Morgan fingerprint density at radius 3 is 2.05 bits per heavy atom. The summed E-state index contributed by atoms with van der Waals surface area (Å²) in [5, 5.41) is 0. The highest BCUT2D eigenvalue weighted by Gasteiger charge is 2.37. The van der Waals surface area contributed by atoms with Crippen LogP contribution in [0.15, 0.2) is 0 Å². The van der Waals surface area contributed by atoms with E-state index in [1.54, 1.807) is 0 Å². The van der Waals surface area contributed by atoms with Gasteiger partial charge in [0.2, 0.25) is 17.8 Å². The molecule has 2 saturated heterocycles. The first-order valence-electron chi connectivity index (χ1n) is 8.31. The molecule has 3 aliphatic rings. The normalized spacial score (nSPS) is 29.0. The van der Waals surface area contributed by atoms with Crippen LogP contribution in [0.3, 0.4) is 0 Å². The zero-order chi connectivity index (χ0) is 14.2. The molecule has 1 saturated carbocycles. The lowest BCUT2D eigenvalue weighted by Crippen LogP contribution is -2.32. The van der Waals surface area contributed by atoms with Crippen molar-refractivity contribution < 1.29 is 0 Å². The first-order valence-corrected chi connectivity index (χ1v) is 8.31. The molecule has 21 heavy (non-hydrogen) atoms. The minimum atomic E-state index is 0.359. The molecule has 4 rings (SSSR count). The minimum absolute atomic E-state index is 0.359. The molecule has 0 radical (unpaired) electrons. The summed E-state index contributed by atoms with van der Waals surface area (Å²) >= 11 is 0. The third-order valence-corrected chi connectivity index (χ3v) is 5.28.